The van der Waals surface area contributed by atoms with Crippen molar-refractivity contribution in [2.24, 2.45) is 5.73 Å². The number of fused-ring (bicyclic) bond motifs is 1. The average molecular weight is 434 g/mol. The molecule has 3 N–H and O–H groups in total. The number of amides is 1. The predicted octanol–water partition coefficient (Wildman–Crippen LogP) is 3.41. The van der Waals surface area contributed by atoms with E-state index in [1.807, 2.05) is 43.3 Å². The highest BCUT2D eigenvalue weighted by atomic mass is 16.6. The number of aromatic hydroxyl groups is 1. The number of primary amides is 1. The first-order valence-electron chi connectivity index (χ1n) is 10.8. The Morgan fingerprint density at radius 1 is 1.09 bits per heavy atom. The minimum Gasteiger partial charge on any atom is -0.506 e. The number of aromatic nitrogens is 1. The van der Waals surface area contributed by atoms with Gasteiger partial charge in [0.25, 0.3) is 11.5 Å². The van der Waals surface area contributed by atoms with Crippen molar-refractivity contribution in [3.63, 3.8) is 0 Å². The van der Waals surface area contributed by atoms with Crippen molar-refractivity contribution < 1.29 is 19.4 Å². The summed E-state index contributed by atoms with van der Waals surface area (Å²) in [6, 6.07) is 14.7. The zero-order chi connectivity index (χ0) is 22.9. The van der Waals surface area contributed by atoms with E-state index in [2.05, 4.69) is 0 Å². The van der Waals surface area contributed by atoms with Gasteiger partial charge in [-0.05, 0) is 50.3 Å². The van der Waals surface area contributed by atoms with Crippen LogP contribution in [0.5, 0.6) is 5.75 Å². The van der Waals surface area contributed by atoms with Crippen LogP contribution in [-0.4, -0.2) is 27.2 Å². The second-order valence-corrected chi connectivity index (χ2v) is 8.43. The minimum absolute atomic E-state index is 0.209. The fourth-order valence-electron chi connectivity index (χ4n) is 4.41. The van der Waals surface area contributed by atoms with Gasteiger partial charge in [0.15, 0.2) is 11.2 Å². The molecule has 0 radical (unpaired) electrons. The molecule has 1 saturated carbocycles. The maximum absolute atomic E-state index is 13.4. The number of hydrogen-bond donors (Lipinski definition) is 2. The molecule has 1 heterocycles. The van der Waals surface area contributed by atoms with E-state index in [4.69, 9.17) is 10.5 Å². The van der Waals surface area contributed by atoms with Crippen molar-refractivity contribution in [2.45, 2.75) is 51.2 Å². The van der Waals surface area contributed by atoms with E-state index >= 15 is 0 Å². The van der Waals surface area contributed by atoms with Gasteiger partial charge in [-0.1, -0.05) is 48.4 Å². The van der Waals surface area contributed by atoms with Crippen LogP contribution in [0, 0.1) is 6.92 Å². The molecule has 32 heavy (non-hydrogen) atoms. The van der Waals surface area contributed by atoms with Gasteiger partial charge in [-0.15, -0.1) is 0 Å². The van der Waals surface area contributed by atoms with Crippen molar-refractivity contribution in [3.8, 4) is 5.75 Å². The number of carbonyl (C=O) groups is 2. The number of hydrogen-bond acceptors (Lipinski definition) is 5. The topological polar surface area (TPSA) is 112 Å². The third-order valence-electron chi connectivity index (χ3n) is 6.18. The Bertz CT molecular complexity index is 1240. The summed E-state index contributed by atoms with van der Waals surface area (Å²) in [4.78, 5) is 38.8. The quantitative estimate of drug-likeness (QED) is 0.598. The molecule has 7 nitrogen and oxygen atoms in total. The standard InChI is InChI=1S/C25H26N2O5/c1-16-10-11-19-18(14-16)21(28)20(22(29)27(19)15-17-8-4-2-5-9-17)23(30)32-25(24(26)31)12-6-3-7-13-25/h2,4-5,8-11,14,28H,3,6-7,12-13,15H2,1H3,(H2,26,31). The van der Waals surface area contributed by atoms with E-state index in [-0.39, 0.29) is 6.54 Å². The Hall–Kier alpha value is -3.61. The summed E-state index contributed by atoms with van der Waals surface area (Å²) >= 11 is 0. The molecule has 1 aliphatic rings. The molecule has 0 bridgehead atoms. The summed E-state index contributed by atoms with van der Waals surface area (Å²) in [7, 11) is 0. The Morgan fingerprint density at radius 3 is 2.44 bits per heavy atom. The highest BCUT2D eigenvalue weighted by Crippen LogP contribution is 2.34. The van der Waals surface area contributed by atoms with Crippen LogP contribution in [-0.2, 0) is 16.1 Å². The number of esters is 1. The molecule has 0 spiro atoms. The molecule has 7 heteroatoms. The highest BCUT2D eigenvalue weighted by Gasteiger charge is 2.43. The number of pyridine rings is 1. The van der Waals surface area contributed by atoms with Gasteiger partial charge in [0, 0.05) is 5.39 Å². The molecule has 166 valence electrons. The van der Waals surface area contributed by atoms with Crippen LogP contribution in [0.3, 0.4) is 0 Å². The van der Waals surface area contributed by atoms with E-state index in [0.717, 1.165) is 17.5 Å². The third kappa shape index (κ3) is 3.86. The number of nitrogens with zero attached hydrogens (tertiary/aromatic N) is 1. The van der Waals surface area contributed by atoms with Gasteiger partial charge in [0.05, 0.1) is 12.1 Å². The number of rotatable bonds is 5. The normalized spacial score (nSPS) is 15.4. The molecule has 0 aliphatic heterocycles. The van der Waals surface area contributed by atoms with E-state index in [1.165, 1.54) is 4.57 Å². The van der Waals surface area contributed by atoms with Gasteiger partial charge >= 0.3 is 5.97 Å². The monoisotopic (exact) mass is 434 g/mol. The summed E-state index contributed by atoms with van der Waals surface area (Å²) < 4.78 is 7.03. The molecule has 0 unspecified atom stereocenters. The van der Waals surface area contributed by atoms with Crippen LogP contribution in [0.2, 0.25) is 0 Å². The lowest BCUT2D eigenvalue weighted by Crippen LogP contribution is -2.49. The molecule has 1 aliphatic carbocycles. The molecule has 1 aromatic heterocycles. The maximum atomic E-state index is 13.4. The highest BCUT2D eigenvalue weighted by molar-refractivity contribution is 6.01. The van der Waals surface area contributed by atoms with Crippen LogP contribution in [0.15, 0.2) is 53.3 Å². The first-order chi connectivity index (χ1) is 15.3. The number of ether oxygens (including phenoxy) is 1. The van der Waals surface area contributed by atoms with Crippen molar-refractivity contribution in [2.75, 3.05) is 0 Å². The summed E-state index contributed by atoms with van der Waals surface area (Å²) in [6.45, 7) is 2.06. The molecule has 0 saturated heterocycles. The zero-order valence-electron chi connectivity index (χ0n) is 18.0. The van der Waals surface area contributed by atoms with Gasteiger partial charge in [0.2, 0.25) is 0 Å². The molecule has 0 atom stereocenters. The lowest BCUT2D eigenvalue weighted by Gasteiger charge is -2.33. The van der Waals surface area contributed by atoms with Gasteiger partial charge in [0.1, 0.15) is 5.75 Å². The fraction of sp³-hybridized carbons (Fsp3) is 0.320. The molecule has 4 rings (SSSR count). The van der Waals surface area contributed by atoms with Crippen molar-refractivity contribution >= 4 is 22.8 Å². The predicted molar refractivity (Wildman–Crippen MR) is 121 cm³/mol. The maximum Gasteiger partial charge on any atom is 0.348 e. The van der Waals surface area contributed by atoms with Crippen molar-refractivity contribution in [1.82, 2.24) is 4.57 Å². The number of carbonyl (C=O) groups excluding carboxylic acids is 2. The molecule has 3 aromatic rings. The molecule has 1 amide bonds. The Kier molecular flexibility index (Phi) is 5.74. The fourth-order valence-corrected chi connectivity index (χ4v) is 4.41. The van der Waals surface area contributed by atoms with Crippen molar-refractivity contribution in [3.05, 3.63) is 75.6 Å². The second-order valence-electron chi connectivity index (χ2n) is 8.43. The van der Waals surface area contributed by atoms with E-state index in [9.17, 15) is 19.5 Å². The average Bonchev–Trinajstić information content (AvgIpc) is 2.78. The smallest absolute Gasteiger partial charge is 0.348 e. The first-order valence-corrected chi connectivity index (χ1v) is 10.8. The SMILES string of the molecule is Cc1ccc2c(c1)c(O)c(C(=O)OC1(C(N)=O)CCCCC1)c(=O)n2Cc1ccccc1. The molecular formula is C25H26N2O5. The van der Waals surface area contributed by atoms with E-state index < -0.39 is 34.3 Å². The van der Waals surface area contributed by atoms with Crippen LogP contribution in [0.4, 0.5) is 0 Å². The van der Waals surface area contributed by atoms with Gasteiger partial charge < -0.3 is 20.1 Å². The largest absolute Gasteiger partial charge is 0.506 e. The lowest BCUT2D eigenvalue weighted by atomic mass is 9.84. The van der Waals surface area contributed by atoms with Gasteiger partial charge in [-0.25, -0.2) is 4.79 Å². The number of nitrogens with two attached hydrogens (primary N) is 1. The molecule has 2 aromatic carbocycles. The summed E-state index contributed by atoms with van der Waals surface area (Å²) in [5, 5.41) is 11.3. The summed E-state index contributed by atoms with van der Waals surface area (Å²) in [5.41, 5.74) is 5.19. The van der Waals surface area contributed by atoms with E-state index in [0.29, 0.717) is 36.6 Å². The lowest BCUT2D eigenvalue weighted by molar-refractivity contribution is -0.140. The molecule has 1 fully saturated rings. The Labute approximate surface area is 185 Å². The van der Waals surface area contributed by atoms with Crippen LogP contribution < -0.4 is 11.3 Å². The van der Waals surface area contributed by atoms with E-state index in [1.54, 1.807) is 12.1 Å². The van der Waals surface area contributed by atoms with Crippen LogP contribution >= 0.6 is 0 Å². The number of aryl methyl sites for hydroxylation is 1. The second kappa shape index (κ2) is 8.49. The Balaban J connectivity index is 1.86. The van der Waals surface area contributed by atoms with Gasteiger partial charge in [-0.2, -0.15) is 0 Å². The first kappa shape index (κ1) is 21.6. The number of benzene rings is 2. The van der Waals surface area contributed by atoms with Crippen LogP contribution in [0.25, 0.3) is 10.9 Å². The summed E-state index contributed by atoms with van der Waals surface area (Å²) in [6.07, 6.45) is 2.91. The minimum atomic E-state index is -1.46. The van der Waals surface area contributed by atoms with Crippen molar-refractivity contribution in [1.29, 1.82) is 0 Å². The summed E-state index contributed by atoms with van der Waals surface area (Å²) in [5.74, 6) is -2.21. The van der Waals surface area contributed by atoms with Gasteiger partial charge in [-0.3, -0.25) is 9.59 Å². The Morgan fingerprint density at radius 2 is 1.78 bits per heavy atom. The van der Waals surface area contributed by atoms with Crippen LogP contribution in [0.1, 0.15) is 53.6 Å². The zero-order valence-corrected chi connectivity index (χ0v) is 18.0. The molecular weight excluding hydrogens is 408 g/mol. The third-order valence-corrected chi connectivity index (χ3v) is 6.18.